The van der Waals surface area contributed by atoms with Gasteiger partial charge in [-0.1, -0.05) is 29.3 Å². The van der Waals surface area contributed by atoms with Crippen LogP contribution in [0.15, 0.2) is 30.3 Å². The Labute approximate surface area is 137 Å². The van der Waals surface area contributed by atoms with E-state index < -0.39 is 0 Å². The van der Waals surface area contributed by atoms with Gasteiger partial charge in [-0.25, -0.2) is 4.98 Å². The van der Waals surface area contributed by atoms with E-state index in [0.717, 1.165) is 17.7 Å². The standard InChI is InChI=1S/C15H13Cl2N3O2/c16-13-4-9(5-14(17)20-13)15(21)19-11-2-1-8-3-10(18)7-22-12(8)6-11/h1-2,4-6,10H,3,7,18H2,(H,19,21). The molecule has 22 heavy (non-hydrogen) atoms. The van der Waals surface area contributed by atoms with Crippen molar-refractivity contribution in [2.45, 2.75) is 12.5 Å². The highest BCUT2D eigenvalue weighted by Gasteiger charge is 2.17. The number of ether oxygens (including phenoxy) is 1. The number of aromatic nitrogens is 1. The maximum absolute atomic E-state index is 12.2. The Morgan fingerprint density at radius 2 is 2.00 bits per heavy atom. The van der Waals surface area contributed by atoms with Crippen LogP contribution in [0.4, 0.5) is 5.69 Å². The number of hydrogen-bond donors (Lipinski definition) is 2. The van der Waals surface area contributed by atoms with Gasteiger partial charge in [0.25, 0.3) is 5.91 Å². The molecule has 2 aromatic rings. The van der Waals surface area contributed by atoms with Crippen LogP contribution in [0, 0.1) is 0 Å². The lowest BCUT2D eigenvalue weighted by atomic mass is 10.0. The predicted octanol–water partition coefficient (Wildman–Crippen LogP) is 2.90. The molecule has 0 spiro atoms. The van der Waals surface area contributed by atoms with E-state index in [1.54, 1.807) is 6.07 Å². The zero-order chi connectivity index (χ0) is 15.7. The lowest BCUT2D eigenvalue weighted by Crippen LogP contribution is -2.33. The van der Waals surface area contributed by atoms with Gasteiger partial charge in [-0.3, -0.25) is 4.79 Å². The molecule has 1 amide bonds. The Morgan fingerprint density at radius 1 is 1.27 bits per heavy atom. The van der Waals surface area contributed by atoms with Crippen molar-refractivity contribution in [3.8, 4) is 5.75 Å². The molecule has 1 unspecified atom stereocenters. The maximum Gasteiger partial charge on any atom is 0.255 e. The second-order valence-corrected chi connectivity index (χ2v) is 5.83. The van der Waals surface area contributed by atoms with Gasteiger partial charge in [0.05, 0.1) is 0 Å². The van der Waals surface area contributed by atoms with Gasteiger partial charge in [-0.05, 0) is 30.2 Å². The molecule has 0 aliphatic carbocycles. The number of fused-ring (bicyclic) bond motifs is 1. The average molecular weight is 338 g/mol. The van der Waals surface area contributed by atoms with Crippen molar-refractivity contribution in [1.82, 2.24) is 4.98 Å². The normalized spacial score (nSPS) is 16.6. The van der Waals surface area contributed by atoms with E-state index in [0.29, 0.717) is 17.9 Å². The summed E-state index contributed by atoms with van der Waals surface area (Å²) in [5.41, 5.74) is 7.85. The van der Waals surface area contributed by atoms with E-state index in [2.05, 4.69) is 10.3 Å². The fraction of sp³-hybridized carbons (Fsp3) is 0.200. The van der Waals surface area contributed by atoms with Crippen LogP contribution >= 0.6 is 23.2 Å². The first-order valence-corrected chi connectivity index (χ1v) is 7.42. The summed E-state index contributed by atoms with van der Waals surface area (Å²) in [6.45, 7) is 0.472. The van der Waals surface area contributed by atoms with Crippen LogP contribution < -0.4 is 15.8 Å². The number of halogens is 2. The van der Waals surface area contributed by atoms with E-state index in [1.807, 2.05) is 12.1 Å². The number of carbonyl (C=O) groups is 1. The molecule has 3 N–H and O–H groups in total. The molecule has 0 bridgehead atoms. The third kappa shape index (κ3) is 3.32. The van der Waals surface area contributed by atoms with Crippen LogP contribution in [-0.2, 0) is 6.42 Å². The van der Waals surface area contributed by atoms with Gasteiger partial charge in [-0.2, -0.15) is 0 Å². The van der Waals surface area contributed by atoms with Gasteiger partial charge in [0.1, 0.15) is 22.7 Å². The van der Waals surface area contributed by atoms with Gasteiger partial charge < -0.3 is 15.8 Å². The largest absolute Gasteiger partial charge is 0.492 e. The zero-order valence-corrected chi connectivity index (χ0v) is 13.0. The zero-order valence-electron chi connectivity index (χ0n) is 11.5. The molecule has 5 nitrogen and oxygen atoms in total. The number of benzene rings is 1. The number of carbonyl (C=O) groups excluding carboxylic acids is 1. The van der Waals surface area contributed by atoms with E-state index in [1.165, 1.54) is 12.1 Å². The number of nitrogens with zero attached hydrogens (tertiary/aromatic N) is 1. The second kappa shape index (κ2) is 6.12. The number of amides is 1. The van der Waals surface area contributed by atoms with Crippen molar-refractivity contribution in [2.75, 3.05) is 11.9 Å². The van der Waals surface area contributed by atoms with E-state index in [-0.39, 0.29) is 22.3 Å². The van der Waals surface area contributed by atoms with Gasteiger partial charge in [0, 0.05) is 23.4 Å². The molecule has 0 radical (unpaired) electrons. The van der Waals surface area contributed by atoms with Crippen molar-refractivity contribution < 1.29 is 9.53 Å². The highest BCUT2D eigenvalue weighted by molar-refractivity contribution is 6.33. The van der Waals surface area contributed by atoms with Gasteiger partial charge >= 0.3 is 0 Å². The quantitative estimate of drug-likeness (QED) is 0.826. The highest BCUT2D eigenvalue weighted by Crippen LogP contribution is 2.28. The summed E-state index contributed by atoms with van der Waals surface area (Å²) in [6, 6.07) is 8.41. The monoisotopic (exact) mass is 337 g/mol. The first-order chi connectivity index (χ1) is 10.5. The van der Waals surface area contributed by atoms with Crippen LogP contribution in [0.1, 0.15) is 15.9 Å². The highest BCUT2D eigenvalue weighted by atomic mass is 35.5. The van der Waals surface area contributed by atoms with E-state index >= 15 is 0 Å². The summed E-state index contributed by atoms with van der Waals surface area (Å²) in [7, 11) is 0. The first-order valence-electron chi connectivity index (χ1n) is 6.67. The average Bonchev–Trinajstić information content (AvgIpc) is 2.46. The molecule has 0 saturated carbocycles. The Morgan fingerprint density at radius 3 is 2.73 bits per heavy atom. The van der Waals surface area contributed by atoms with Crippen molar-refractivity contribution in [3.05, 3.63) is 51.8 Å². The molecule has 7 heteroatoms. The van der Waals surface area contributed by atoms with Crippen LogP contribution in [0.3, 0.4) is 0 Å². The second-order valence-electron chi connectivity index (χ2n) is 5.05. The van der Waals surface area contributed by atoms with E-state index in [4.69, 9.17) is 33.7 Å². The molecular weight excluding hydrogens is 325 g/mol. The molecule has 1 aromatic carbocycles. The molecule has 1 aliphatic rings. The maximum atomic E-state index is 12.2. The van der Waals surface area contributed by atoms with Crippen molar-refractivity contribution in [3.63, 3.8) is 0 Å². The van der Waals surface area contributed by atoms with Gasteiger partial charge in [-0.15, -0.1) is 0 Å². The lowest BCUT2D eigenvalue weighted by Gasteiger charge is -2.23. The SMILES string of the molecule is NC1COc2cc(NC(=O)c3cc(Cl)nc(Cl)c3)ccc2C1. The minimum absolute atomic E-state index is 0.00837. The fourth-order valence-corrected chi connectivity index (χ4v) is 2.73. The van der Waals surface area contributed by atoms with Crippen LogP contribution in [0.2, 0.25) is 10.3 Å². The predicted molar refractivity (Wildman–Crippen MR) is 85.8 cm³/mol. The van der Waals surface area contributed by atoms with Crippen LogP contribution in [-0.4, -0.2) is 23.5 Å². The first kappa shape index (κ1) is 15.1. The van der Waals surface area contributed by atoms with Crippen molar-refractivity contribution in [2.24, 2.45) is 5.73 Å². The van der Waals surface area contributed by atoms with Crippen molar-refractivity contribution >= 4 is 34.8 Å². The summed E-state index contributed by atoms with van der Waals surface area (Å²) in [5.74, 6) is 0.420. The third-order valence-corrected chi connectivity index (χ3v) is 3.67. The molecule has 0 fully saturated rings. The smallest absolute Gasteiger partial charge is 0.255 e. The third-order valence-electron chi connectivity index (χ3n) is 3.29. The topological polar surface area (TPSA) is 77.2 Å². The molecule has 1 aromatic heterocycles. The Kier molecular flexibility index (Phi) is 4.20. The Hall–Kier alpha value is -1.82. The summed E-state index contributed by atoms with van der Waals surface area (Å²) in [5, 5.41) is 3.11. The summed E-state index contributed by atoms with van der Waals surface area (Å²) in [4.78, 5) is 16.0. The fourth-order valence-electron chi connectivity index (χ4n) is 2.27. The molecule has 114 valence electrons. The summed E-state index contributed by atoms with van der Waals surface area (Å²) in [6.07, 6.45) is 0.763. The number of nitrogens with two attached hydrogens (primary N) is 1. The van der Waals surface area contributed by atoms with Crippen LogP contribution in [0.5, 0.6) is 5.75 Å². The van der Waals surface area contributed by atoms with Gasteiger partial charge in [0.15, 0.2) is 0 Å². The molecule has 3 rings (SSSR count). The van der Waals surface area contributed by atoms with Gasteiger partial charge in [0.2, 0.25) is 0 Å². The minimum Gasteiger partial charge on any atom is -0.492 e. The molecular formula is C15H13Cl2N3O2. The Bertz CT molecular complexity index is 716. The van der Waals surface area contributed by atoms with Crippen molar-refractivity contribution in [1.29, 1.82) is 0 Å². The number of hydrogen-bond acceptors (Lipinski definition) is 4. The van der Waals surface area contributed by atoms with Crippen LogP contribution in [0.25, 0.3) is 0 Å². The molecule has 0 saturated heterocycles. The summed E-state index contributed by atoms with van der Waals surface area (Å²) >= 11 is 11.6. The number of anilines is 1. The molecule has 1 aliphatic heterocycles. The minimum atomic E-state index is -0.321. The molecule has 1 atom stereocenters. The number of pyridine rings is 1. The number of rotatable bonds is 2. The lowest BCUT2D eigenvalue weighted by molar-refractivity contribution is 0.102. The summed E-state index contributed by atoms with van der Waals surface area (Å²) < 4.78 is 5.57. The number of nitrogens with one attached hydrogen (secondary N) is 1. The van der Waals surface area contributed by atoms with E-state index in [9.17, 15) is 4.79 Å². The Balaban J connectivity index is 1.79. The molecule has 2 heterocycles.